The van der Waals surface area contributed by atoms with Gasteiger partial charge in [0.2, 0.25) is 0 Å². The fraction of sp³-hybridized carbons (Fsp3) is 0. The molecule has 0 aliphatic carbocycles. The predicted molar refractivity (Wildman–Crippen MR) is 80.3 cm³/mol. The summed E-state index contributed by atoms with van der Waals surface area (Å²) in [6, 6.07) is 10.6. The smallest absolute Gasteiger partial charge is 0.292 e. The van der Waals surface area contributed by atoms with E-state index in [0.29, 0.717) is 16.4 Å². The summed E-state index contributed by atoms with van der Waals surface area (Å²) in [5, 5.41) is 13.9. The Kier molecular flexibility index (Phi) is 3.61. The number of azo groups is 1. The second-order valence-corrected chi connectivity index (χ2v) is 4.66. The van der Waals surface area contributed by atoms with Crippen LogP contribution in [0.15, 0.2) is 63.8 Å². The Morgan fingerprint density at radius 2 is 1.86 bits per heavy atom. The lowest BCUT2D eigenvalue weighted by Crippen LogP contribution is -1.96. The number of nitrogens with zero attached hydrogens (tertiary/aromatic N) is 3. The number of pyridine rings is 1. The molecule has 0 saturated carbocycles. The molecular weight excluding hydrogens is 290 g/mol. The van der Waals surface area contributed by atoms with E-state index >= 15 is 0 Å². The van der Waals surface area contributed by atoms with Crippen LogP contribution in [0.25, 0.3) is 11.3 Å². The summed E-state index contributed by atoms with van der Waals surface area (Å²) < 4.78 is 0. The summed E-state index contributed by atoms with van der Waals surface area (Å²) in [5.41, 5.74) is 1.79. The van der Waals surface area contributed by atoms with Gasteiger partial charge in [-0.2, -0.15) is 0 Å². The summed E-state index contributed by atoms with van der Waals surface area (Å²) in [6.07, 6.45) is 3.20. The van der Waals surface area contributed by atoms with Crippen LogP contribution in [0.1, 0.15) is 0 Å². The molecule has 1 aromatic carbocycles. The van der Waals surface area contributed by atoms with Crippen molar-refractivity contribution in [3.63, 3.8) is 0 Å². The molecule has 0 atom stereocenters. The van der Waals surface area contributed by atoms with E-state index in [2.05, 4.69) is 25.4 Å². The number of aromatic amines is 2. The molecule has 6 nitrogen and oxygen atoms in total. The van der Waals surface area contributed by atoms with Gasteiger partial charge in [0.15, 0.2) is 5.69 Å². The summed E-state index contributed by atoms with van der Waals surface area (Å²) in [7, 11) is 0. The number of aromatic nitrogens is 3. The van der Waals surface area contributed by atoms with Gasteiger partial charge >= 0.3 is 0 Å². The fourth-order valence-electron chi connectivity index (χ4n) is 1.79. The molecular formula is C14H10ClN5O. The van der Waals surface area contributed by atoms with Gasteiger partial charge in [-0.3, -0.25) is 20.0 Å². The van der Waals surface area contributed by atoms with Gasteiger partial charge in [0.25, 0.3) is 5.56 Å². The largest absolute Gasteiger partial charge is 0.295 e. The first-order chi connectivity index (χ1) is 10.2. The number of rotatable bonds is 3. The van der Waals surface area contributed by atoms with Crippen molar-refractivity contribution < 1.29 is 0 Å². The first-order valence-corrected chi connectivity index (χ1v) is 6.50. The Labute approximate surface area is 124 Å². The van der Waals surface area contributed by atoms with Crippen LogP contribution in [0.2, 0.25) is 5.02 Å². The predicted octanol–water partition coefficient (Wildman–Crippen LogP) is 3.83. The Bertz CT molecular complexity index is 821. The van der Waals surface area contributed by atoms with Crippen molar-refractivity contribution in [2.45, 2.75) is 0 Å². The zero-order chi connectivity index (χ0) is 14.7. The number of benzene rings is 1. The van der Waals surface area contributed by atoms with Crippen molar-refractivity contribution in [2.75, 3.05) is 0 Å². The zero-order valence-electron chi connectivity index (χ0n) is 10.7. The van der Waals surface area contributed by atoms with Crippen LogP contribution >= 0.6 is 11.6 Å². The number of hydrogen-bond donors (Lipinski definition) is 2. The molecule has 0 bridgehead atoms. The van der Waals surface area contributed by atoms with Crippen LogP contribution in [0.4, 0.5) is 11.4 Å². The Balaban J connectivity index is 2.00. The van der Waals surface area contributed by atoms with Gasteiger partial charge in [0.05, 0.1) is 11.9 Å². The molecule has 2 aromatic heterocycles. The standard InChI is InChI=1S/C14H10ClN5O/c15-10-5-3-9(4-6-10)12-13(14(21)20-18-12)19-17-11-2-1-7-16-8-11/h1-8H,(H2,18,20,21). The van der Waals surface area contributed by atoms with Gasteiger partial charge < -0.3 is 0 Å². The van der Waals surface area contributed by atoms with Crippen LogP contribution in [0, 0.1) is 0 Å². The van der Waals surface area contributed by atoms with Crippen molar-refractivity contribution in [1.29, 1.82) is 0 Å². The molecule has 7 heteroatoms. The van der Waals surface area contributed by atoms with Crippen molar-refractivity contribution in [3.05, 3.63) is 64.2 Å². The van der Waals surface area contributed by atoms with Gasteiger partial charge in [-0.1, -0.05) is 23.7 Å². The van der Waals surface area contributed by atoms with E-state index in [-0.39, 0.29) is 11.2 Å². The Morgan fingerprint density at radius 1 is 1.05 bits per heavy atom. The summed E-state index contributed by atoms with van der Waals surface area (Å²) >= 11 is 5.86. The molecule has 0 unspecified atom stereocenters. The molecule has 3 aromatic rings. The quantitative estimate of drug-likeness (QED) is 0.720. The number of hydrogen-bond acceptors (Lipinski definition) is 4. The molecule has 0 radical (unpaired) electrons. The van der Waals surface area contributed by atoms with E-state index in [1.165, 1.54) is 0 Å². The normalized spacial score (nSPS) is 11.1. The molecule has 0 spiro atoms. The summed E-state index contributed by atoms with van der Waals surface area (Å²) in [6.45, 7) is 0. The third-order valence-corrected chi connectivity index (χ3v) is 3.05. The minimum absolute atomic E-state index is 0.209. The van der Waals surface area contributed by atoms with Crippen LogP contribution in [0.3, 0.4) is 0 Å². The Morgan fingerprint density at radius 3 is 2.57 bits per heavy atom. The maximum atomic E-state index is 11.8. The van der Waals surface area contributed by atoms with E-state index < -0.39 is 0 Å². The van der Waals surface area contributed by atoms with Gasteiger partial charge in [-0.05, 0) is 24.3 Å². The highest BCUT2D eigenvalue weighted by molar-refractivity contribution is 6.30. The lowest BCUT2D eigenvalue weighted by Gasteiger charge is -1.98. The number of nitrogens with one attached hydrogen (secondary N) is 2. The van der Waals surface area contributed by atoms with E-state index in [4.69, 9.17) is 11.6 Å². The van der Waals surface area contributed by atoms with Gasteiger partial charge in [0, 0.05) is 16.8 Å². The second-order valence-electron chi connectivity index (χ2n) is 4.22. The van der Waals surface area contributed by atoms with E-state index in [1.54, 1.807) is 48.8 Å². The highest BCUT2D eigenvalue weighted by Gasteiger charge is 2.11. The highest BCUT2D eigenvalue weighted by Crippen LogP contribution is 2.27. The fourth-order valence-corrected chi connectivity index (χ4v) is 1.92. The van der Waals surface area contributed by atoms with Crippen LogP contribution < -0.4 is 5.56 Å². The average Bonchev–Trinajstić information content (AvgIpc) is 2.88. The maximum absolute atomic E-state index is 11.8. The van der Waals surface area contributed by atoms with Gasteiger partial charge in [-0.15, -0.1) is 10.2 Å². The first kappa shape index (κ1) is 13.3. The van der Waals surface area contributed by atoms with Crippen molar-refractivity contribution in [2.24, 2.45) is 10.2 Å². The molecule has 0 saturated heterocycles. The monoisotopic (exact) mass is 299 g/mol. The third kappa shape index (κ3) is 2.90. The highest BCUT2D eigenvalue weighted by atomic mass is 35.5. The van der Waals surface area contributed by atoms with E-state index in [9.17, 15) is 4.79 Å². The molecule has 2 heterocycles. The second kappa shape index (κ2) is 5.72. The lowest BCUT2D eigenvalue weighted by atomic mass is 10.1. The lowest BCUT2D eigenvalue weighted by molar-refractivity contribution is 1.06. The SMILES string of the molecule is O=c1[nH][nH]c(-c2ccc(Cl)cc2)c1N=Nc1cccnc1. The molecule has 104 valence electrons. The Hall–Kier alpha value is -2.73. The van der Waals surface area contributed by atoms with Gasteiger partial charge in [0.1, 0.15) is 5.69 Å². The third-order valence-electron chi connectivity index (χ3n) is 2.80. The number of H-pyrrole nitrogens is 2. The van der Waals surface area contributed by atoms with Crippen LogP contribution in [-0.2, 0) is 0 Å². The van der Waals surface area contributed by atoms with Gasteiger partial charge in [-0.25, -0.2) is 0 Å². The number of halogens is 1. The first-order valence-electron chi connectivity index (χ1n) is 6.12. The van der Waals surface area contributed by atoms with E-state index in [0.717, 1.165) is 5.56 Å². The van der Waals surface area contributed by atoms with Crippen LogP contribution in [-0.4, -0.2) is 15.2 Å². The molecule has 21 heavy (non-hydrogen) atoms. The molecule has 3 rings (SSSR count). The molecule has 0 amide bonds. The summed E-state index contributed by atoms with van der Waals surface area (Å²) in [5.74, 6) is 0. The zero-order valence-corrected chi connectivity index (χ0v) is 11.5. The topological polar surface area (TPSA) is 86.3 Å². The minimum atomic E-state index is -0.340. The minimum Gasteiger partial charge on any atom is -0.295 e. The van der Waals surface area contributed by atoms with Crippen molar-refractivity contribution in [3.8, 4) is 11.3 Å². The van der Waals surface area contributed by atoms with Crippen molar-refractivity contribution in [1.82, 2.24) is 15.2 Å². The van der Waals surface area contributed by atoms with E-state index in [1.807, 2.05) is 0 Å². The molecule has 0 aliphatic heterocycles. The molecule has 2 N–H and O–H groups in total. The van der Waals surface area contributed by atoms with Crippen molar-refractivity contribution >= 4 is 23.0 Å². The molecule has 0 aliphatic rings. The maximum Gasteiger partial charge on any atom is 0.292 e. The summed E-state index contributed by atoms with van der Waals surface area (Å²) in [4.78, 5) is 15.8. The average molecular weight is 300 g/mol. The van der Waals surface area contributed by atoms with Crippen LogP contribution in [0.5, 0.6) is 0 Å². The molecule has 0 fully saturated rings.